The number of rotatable bonds is 3. The standard InChI is InChI=1S/C26H22O5/c1-14-5-8-18-21(11-14)31-22-13-16(27)7-10-19(22)23(18)20-12-15(24(28)26(2,3)4)6-9-17(20)25(29)30/h5-13,27H,1H2,2-4H3,(H,29,30)/p-1. The van der Waals surface area contributed by atoms with E-state index < -0.39 is 11.4 Å². The zero-order valence-corrected chi connectivity index (χ0v) is 17.5. The molecule has 0 aromatic heterocycles. The first kappa shape index (κ1) is 20.4. The molecule has 0 saturated heterocycles. The van der Waals surface area contributed by atoms with E-state index >= 15 is 0 Å². The number of aromatic carboxylic acids is 1. The van der Waals surface area contributed by atoms with Crippen molar-refractivity contribution >= 4 is 23.9 Å². The third kappa shape index (κ3) is 3.59. The number of ether oxygens (including phenoxy) is 1. The van der Waals surface area contributed by atoms with Gasteiger partial charge >= 0.3 is 5.97 Å². The molecule has 156 valence electrons. The fourth-order valence-electron chi connectivity index (χ4n) is 3.72. The zero-order chi connectivity index (χ0) is 22.5. The molecule has 1 aliphatic rings. The molecule has 0 aliphatic carbocycles. The molecule has 0 spiro atoms. The van der Waals surface area contributed by atoms with Gasteiger partial charge in [0.2, 0.25) is 0 Å². The summed E-state index contributed by atoms with van der Waals surface area (Å²) in [6, 6.07) is 14.4. The molecular formula is C26H21O5-. The second-order valence-electron chi connectivity index (χ2n) is 8.61. The van der Waals surface area contributed by atoms with Gasteiger partial charge in [-0.05, 0) is 35.0 Å². The van der Waals surface area contributed by atoms with Crippen molar-refractivity contribution in [1.29, 1.82) is 0 Å². The maximum Gasteiger partial charge on any atom is 0.336 e. The van der Waals surface area contributed by atoms with Crippen LogP contribution in [-0.2, 0) is 0 Å². The molecule has 0 fully saturated rings. The number of hydrogen-bond acceptors (Lipinski definition) is 4. The van der Waals surface area contributed by atoms with Crippen LogP contribution in [0.25, 0.3) is 12.2 Å². The third-order valence-corrected chi connectivity index (χ3v) is 5.22. The van der Waals surface area contributed by atoms with Crippen molar-refractivity contribution in [2.45, 2.75) is 20.8 Å². The van der Waals surface area contributed by atoms with E-state index in [9.17, 15) is 19.8 Å². The van der Waals surface area contributed by atoms with Crippen LogP contribution in [0.1, 0.15) is 52.6 Å². The van der Waals surface area contributed by atoms with E-state index in [1.54, 1.807) is 30.3 Å². The minimum Gasteiger partial charge on any atom is -0.872 e. The predicted molar refractivity (Wildman–Crippen MR) is 116 cm³/mol. The number of carbonyl (C=O) groups excluding carboxylic acids is 1. The van der Waals surface area contributed by atoms with Crippen LogP contribution in [0.3, 0.4) is 0 Å². The minimum atomic E-state index is -1.11. The molecule has 3 aromatic carbocycles. The Labute approximate surface area is 179 Å². The Kier molecular flexibility index (Phi) is 4.69. The lowest BCUT2D eigenvalue weighted by Crippen LogP contribution is -2.23. The molecule has 0 bridgehead atoms. The van der Waals surface area contributed by atoms with Crippen LogP contribution in [0.4, 0.5) is 0 Å². The number of carbonyl (C=O) groups is 2. The highest BCUT2D eigenvalue weighted by molar-refractivity contribution is 6.04. The highest BCUT2D eigenvalue weighted by Crippen LogP contribution is 2.39. The highest BCUT2D eigenvalue weighted by atomic mass is 16.5. The van der Waals surface area contributed by atoms with Crippen molar-refractivity contribution in [3.05, 3.63) is 87.3 Å². The predicted octanol–water partition coefficient (Wildman–Crippen LogP) is 3.45. The number of ketones is 1. The molecule has 4 rings (SSSR count). The van der Waals surface area contributed by atoms with Crippen LogP contribution in [0, 0.1) is 5.41 Å². The van der Waals surface area contributed by atoms with Gasteiger partial charge in [-0.15, -0.1) is 5.75 Å². The first-order valence-electron chi connectivity index (χ1n) is 9.81. The van der Waals surface area contributed by atoms with Crippen LogP contribution in [0.2, 0.25) is 0 Å². The lowest BCUT2D eigenvalue weighted by atomic mass is 9.83. The van der Waals surface area contributed by atoms with Crippen LogP contribution in [-0.4, -0.2) is 16.9 Å². The van der Waals surface area contributed by atoms with Gasteiger partial charge in [-0.3, -0.25) is 4.79 Å². The summed E-state index contributed by atoms with van der Waals surface area (Å²) < 4.78 is 5.95. The Morgan fingerprint density at radius 3 is 2.35 bits per heavy atom. The molecule has 0 saturated carbocycles. The Morgan fingerprint density at radius 1 is 0.935 bits per heavy atom. The summed E-state index contributed by atoms with van der Waals surface area (Å²) in [5.74, 6) is -0.612. The Balaban J connectivity index is 2.12. The average molecular weight is 413 g/mol. The minimum absolute atomic E-state index is 0.0594. The lowest BCUT2D eigenvalue weighted by Gasteiger charge is -2.24. The fourth-order valence-corrected chi connectivity index (χ4v) is 3.72. The summed E-state index contributed by atoms with van der Waals surface area (Å²) in [6.45, 7) is 9.37. The highest BCUT2D eigenvalue weighted by Gasteiger charge is 2.27. The zero-order valence-electron chi connectivity index (χ0n) is 17.5. The van der Waals surface area contributed by atoms with Crippen LogP contribution >= 0.6 is 0 Å². The van der Waals surface area contributed by atoms with Gasteiger partial charge in [0.1, 0.15) is 11.5 Å². The van der Waals surface area contributed by atoms with E-state index in [1.165, 1.54) is 18.2 Å². The van der Waals surface area contributed by atoms with Gasteiger partial charge < -0.3 is 14.9 Å². The van der Waals surface area contributed by atoms with Gasteiger partial charge in [0, 0.05) is 27.3 Å². The summed E-state index contributed by atoms with van der Waals surface area (Å²) in [6.07, 6.45) is 0. The summed E-state index contributed by atoms with van der Waals surface area (Å²) in [7, 11) is 0. The maximum atomic E-state index is 12.9. The van der Waals surface area contributed by atoms with E-state index in [4.69, 9.17) is 4.74 Å². The van der Waals surface area contributed by atoms with Gasteiger partial charge in [-0.1, -0.05) is 57.7 Å². The Morgan fingerprint density at radius 2 is 1.68 bits per heavy atom. The summed E-state index contributed by atoms with van der Waals surface area (Å²) in [5, 5.41) is 23.2. The first-order valence-corrected chi connectivity index (χ1v) is 9.81. The van der Waals surface area contributed by atoms with Gasteiger partial charge in [0.15, 0.2) is 5.78 Å². The van der Waals surface area contributed by atoms with Crippen molar-refractivity contribution in [3.63, 3.8) is 0 Å². The number of carboxylic acid groups (broad SMARTS) is 1. The molecule has 1 heterocycles. The monoisotopic (exact) mass is 413 g/mol. The van der Waals surface area contributed by atoms with Gasteiger partial charge in [-0.2, -0.15) is 0 Å². The number of hydrogen-bond donors (Lipinski definition) is 1. The second kappa shape index (κ2) is 7.13. The SMILES string of the molecule is C=c1ccc2c(c1)Oc1cc([O-])ccc1C=2c1cc(C(=O)C(C)(C)C)ccc1C(=O)O. The summed E-state index contributed by atoms with van der Waals surface area (Å²) in [4.78, 5) is 25.0. The van der Waals surface area contributed by atoms with Crippen LogP contribution < -0.4 is 20.3 Å². The molecule has 1 aliphatic heterocycles. The molecule has 0 unspecified atom stereocenters. The summed E-state index contributed by atoms with van der Waals surface area (Å²) >= 11 is 0. The molecule has 0 radical (unpaired) electrons. The van der Waals surface area contributed by atoms with Gasteiger partial charge in [0.05, 0.1) is 5.56 Å². The van der Waals surface area contributed by atoms with E-state index in [0.717, 1.165) is 5.22 Å². The topological polar surface area (TPSA) is 86.7 Å². The molecule has 3 aromatic rings. The van der Waals surface area contributed by atoms with E-state index in [0.29, 0.717) is 39.0 Å². The Bertz CT molecular complexity index is 1360. The number of benzene rings is 3. The van der Waals surface area contributed by atoms with Crippen molar-refractivity contribution in [2.24, 2.45) is 5.41 Å². The molecule has 31 heavy (non-hydrogen) atoms. The van der Waals surface area contributed by atoms with Crippen LogP contribution in [0.5, 0.6) is 17.2 Å². The molecule has 5 nitrogen and oxygen atoms in total. The largest absolute Gasteiger partial charge is 0.872 e. The molecule has 0 amide bonds. The average Bonchev–Trinajstić information content (AvgIpc) is 2.70. The van der Waals surface area contributed by atoms with E-state index in [-0.39, 0.29) is 17.1 Å². The molecule has 0 atom stereocenters. The van der Waals surface area contributed by atoms with Crippen molar-refractivity contribution in [3.8, 4) is 17.2 Å². The Hall–Kier alpha value is -3.86. The maximum absolute atomic E-state index is 12.9. The van der Waals surface area contributed by atoms with Gasteiger partial charge in [0.25, 0.3) is 0 Å². The molecular weight excluding hydrogens is 392 g/mol. The van der Waals surface area contributed by atoms with Gasteiger partial charge in [-0.25, -0.2) is 4.79 Å². The smallest absolute Gasteiger partial charge is 0.336 e. The lowest BCUT2D eigenvalue weighted by molar-refractivity contribution is -0.268. The molecule has 1 N–H and O–H groups in total. The third-order valence-electron chi connectivity index (χ3n) is 5.22. The van der Waals surface area contributed by atoms with Crippen LogP contribution in [0.15, 0.2) is 54.6 Å². The molecule has 5 heteroatoms. The van der Waals surface area contributed by atoms with Crippen molar-refractivity contribution in [2.75, 3.05) is 0 Å². The van der Waals surface area contributed by atoms with E-state index in [1.807, 2.05) is 26.8 Å². The normalized spacial score (nSPS) is 12.5. The van der Waals surface area contributed by atoms with Crippen molar-refractivity contribution in [1.82, 2.24) is 0 Å². The number of Topliss-reactive ketones (excluding diaryl/α,β-unsaturated/α-hetero) is 1. The summed E-state index contributed by atoms with van der Waals surface area (Å²) in [5.41, 5.74) is 1.43. The quantitative estimate of drug-likeness (QED) is 0.520. The second-order valence-corrected chi connectivity index (χ2v) is 8.61. The first-order chi connectivity index (χ1) is 14.6. The number of carboxylic acids is 1. The van der Waals surface area contributed by atoms with E-state index in [2.05, 4.69) is 6.58 Å². The fraction of sp³-hybridized carbons (Fsp3) is 0.154. The number of fused-ring (bicyclic) bond motifs is 2. The van der Waals surface area contributed by atoms with Crippen molar-refractivity contribution < 1.29 is 24.5 Å².